The van der Waals surface area contributed by atoms with E-state index in [0.717, 1.165) is 23.4 Å². The fourth-order valence-corrected chi connectivity index (χ4v) is 4.85. The molecule has 2 N–H and O–H groups in total. The van der Waals surface area contributed by atoms with Crippen LogP contribution in [0.3, 0.4) is 0 Å². The number of amides is 1. The van der Waals surface area contributed by atoms with Crippen LogP contribution in [0.2, 0.25) is 0 Å². The molecule has 2 aliphatic heterocycles. The fraction of sp³-hybridized carbons (Fsp3) is 0.545. The maximum absolute atomic E-state index is 12.4. The normalized spacial score (nSPS) is 27.6. The highest BCUT2D eigenvalue weighted by Gasteiger charge is 2.38. The number of β-amino-alcohol motifs (C(OH)–C–C–N with tert-alkyl or cyclic N) is 1. The van der Waals surface area contributed by atoms with E-state index in [9.17, 15) is 9.90 Å². The molecule has 4 rings (SSSR count). The summed E-state index contributed by atoms with van der Waals surface area (Å²) < 4.78 is 12.0. The summed E-state index contributed by atoms with van der Waals surface area (Å²) in [6.45, 7) is 2.48. The van der Waals surface area contributed by atoms with Gasteiger partial charge in [-0.25, -0.2) is 4.98 Å². The Hall–Kier alpha value is -1.84. The molecule has 0 bridgehead atoms. The Morgan fingerprint density at radius 2 is 2.13 bits per heavy atom. The molecule has 0 saturated carbocycles. The van der Waals surface area contributed by atoms with Crippen molar-refractivity contribution in [1.29, 1.82) is 0 Å². The molecular formula is C22H29N3O4S. The molecule has 2 aromatic rings. The SMILES string of the molecule is O=C(C[C@H]1CC[C@@H]2[C@H](COC[C@H](O)CN2Cc2nccs2)O1)NCc1ccccc1. The van der Waals surface area contributed by atoms with E-state index < -0.39 is 6.10 Å². The number of nitrogens with one attached hydrogen (secondary N) is 1. The third kappa shape index (κ3) is 5.86. The van der Waals surface area contributed by atoms with Gasteiger partial charge in [0.15, 0.2) is 0 Å². The van der Waals surface area contributed by atoms with Crippen molar-refractivity contribution in [2.75, 3.05) is 19.8 Å². The Morgan fingerprint density at radius 3 is 2.93 bits per heavy atom. The number of nitrogens with zero attached hydrogens (tertiary/aromatic N) is 2. The maximum atomic E-state index is 12.4. The number of aliphatic hydroxyl groups excluding tert-OH is 1. The summed E-state index contributed by atoms with van der Waals surface area (Å²) in [4.78, 5) is 19.1. The first-order chi connectivity index (χ1) is 14.7. The van der Waals surface area contributed by atoms with E-state index in [1.54, 1.807) is 11.3 Å². The molecule has 7 nitrogen and oxygen atoms in total. The molecule has 0 spiro atoms. The molecule has 2 aliphatic rings. The van der Waals surface area contributed by atoms with Crippen LogP contribution in [0.4, 0.5) is 0 Å². The number of fused-ring (bicyclic) bond motifs is 1. The molecule has 4 atom stereocenters. The van der Waals surface area contributed by atoms with E-state index in [1.165, 1.54) is 0 Å². The van der Waals surface area contributed by atoms with Gasteiger partial charge in [-0.15, -0.1) is 11.3 Å². The zero-order valence-electron chi connectivity index (χ0n) is 17.0. The Balaban J connectivity index is 1.33. The van der Waals surface area contributed by atoms with E-state index in [-0.39, 0.29) is 24.2 Å². The maximum Gasteiger partial charge on any atom is 0.222 e. The smallest absolute Gasteiger partial charge is 0.222 e. The van der Waals surface area contributed by atoms with Crippen LogP contribution >= 0.6 is 11.3 Å². The van der Waals surface area contributed by atoms with Crippen LogP contribution in [0.1, 0.15) is 29.8 Å². The van der Waals surface area contributed by atoms with E-state index in [0.29, 0.717) is 39.3 Å². The number of ether oxygens (including phenoxy) is 2. The average molecular weight is 432 g/mol. The van der Waals surface area contributed by atoms with Crippen molar-refractivity contribution in [3.05, 3.63) is 52.5 Å². The lowest BCUT2D eigenvalue weighted by Crippen LogP contribution is -2.55. The Bertz CT molecular complexity index is 789. The fourth-order valence-electron chi connectivity index (χ4n) is 4.21. The van der Waals surface area contributed by atoms with Gasteiger partial charge in [0.2, 0.25) is 5.91 Å². The van der Waals surface area contributed by atoms with Crippen LogP contribution in [-0.4, -0.2) is 65.0 Å². The van der Waals surface area contributed by atoms with Crippen molar-refractivity contribution in [3.63, 3.8) is 0 Å². The lowest BCUT2D eigenvalue weighted by molar-refractivity contribution is -0.158. The third-order valence-electron chi connectivity index (χ3n) is 5.65. The Labute approximate surface area is 181 Å². The number of carbonyl (C=O) groups is 1. The summed E-state index contributed by atoms with van der Waals surface area (Å²) in [6.07, 6.45) is 3.13. The molecule has 2 fully saturated rings. The third-order valence-corrected chi connectivity index (χ3v) is 6.42. The standard InChI is InChI=1S/C22H29N3O4S/c26-17-12-25(13-22-23-8-9-30-22)19-7-6-18(29-20(19)15-28-14-17)10-21(27)24-11-16-4-2-1-3-5-16/h1-5,8-9,17-20,26H,6-7,10-15H2,(H,24,27)/t17-,18-,19-,20+/m1/s1. The van der Waals surface area contributed by atoms with E-state index in [1.807, 2.05) is 41.9 Å². The van der Waals surface area contributed by atoms with Crippen LogP contribution in [0.25, 0.3) is 0 Å². The zero-order valence-corrected chi connectivity index (χ0v) is 17.8. The molecule has 162 valence electrons. The van der Waals surface area contributed by atoms with E-state index in [4.69, 9.17) is 9.47 Å². The summed E-state index contributed by atoms with van der Waals surface area (Å²) >= 11 is 1.62. The highest BCUT2D eigenvalue weighted by molar-refractivity contribution is 7.09. The van der Waals surface area contributed by atoms with Gasteiger partial charge in [0.05, 0.1) is 44.5 Å². The van der Waals surface area contributed by atoms with Gasteiger partial charge in [0, 0.05) is 30.7 Å². The largest absolute Gasteiger partial charge is 0.389 e. The van der Waals surface area contributed by atoms with Crippen molar-refractivity contribution in [3.8, 4) is 0 Å². The van der Waals surface area contributed by atoms with Crippen molar-refractivity contribution in [1.82, 2.24) is 15.2 Å². The zero-order chi connectivity index (χ0) is 20.8. The second-order valence-electron chi connectivity index (χ2n) is 7.95. The molecule has 1 aromatic carbocycles. The first-order valence-corrected chi connectivity index (χ1v) is 11.4. The van der Waals surface area contributed by atoms with Crippen LogP contribution < -0.4 is 5.32 Å². The Kier molecular flexibility index (Phi) is 7.46. The van der Waals surface area contributed by atoms with Gasteiger partial charge in [-0.05, 0) is 18.4 Å². The molecule has 8 heteroatoms. The van der Waals surface area contributed by atoms with E-state index >= 15 is 0 Å². The highest BCUT2D eigenvalue weighted by Crippen LogP contribution is 2.29. The minimum atomic E-state index is -0.521. The van der Waals surface area contributed by atoms with E-state index in [2.05, 4.69) is 15.2 Å². The minimum absolute atomic E-state index is 0.00382. The van der Waals surface area contributed by atoms with Crippen LogP contribution in [0.5, 0.6) is 0 Å². The van der Waals surface area contributed by atoms with Crippen molar-refractivity contribution >= 4 is 17.2 Å². The number of aliphatic hydroxyl groups is 1. The predicted octanol–water partition coefficient (Wildman–Crippen LogP) is 1.96. The van der Waals surface area contributed by atoms with Crippen molar-refractivity contribution < 1.29 is 19.4 Å². The van der Waals surface area contributed by atoms with Gasteiger partial charge in [-0.3, -0.25) is 9.69 Å². The van der Waals surface area contributed by atoms with Crippen LogP contribution in [0, 0.1) is 0 Å². The molecular weight excluding hydrogens is 402 g/mol. The molecule has 0 unspecified atom stereocenters. The number of hydrogen-bond donors (Lipinski definition) is 2. The van der Waals surface area contributed by atoms with Crippen LogP contribution in [0.15, 0.2) is 41.9 Å². The van der Waals surface area contributed by atoms with Gasteiger partial charge in [0.1, 0.15) is 5.01 Å². The minimum Gasteiger partial charge on any atom is -0.389 e. The quantitative estimate of drug-likeness (QED) is 0.728. The summed E-state index contributed by atoms with van der Waals surface area (Å²) in [5.74, 6) is 0.00382. The van der Waals surface area contributed by atoms with Gasteiger partial charge in [-0.1, -0.05) is 30.3 Å². The van der Waals surface area contributed by atoms with Gasteiger partial charge < -0.3 is 19.9 Å². The lowest BCUT2D eigenvalue weighted by Gasteiger charge is -2.44. The summed E-state index contributed by atoms with van der Waals surface area (Å²) in [7, 11) is 0. The number of thiazole rings is 1. The van der Waals surface area contributed by atoms with Crippen molar-refractivity contribution in [2.24, 2.45) is 0 Å². The lowest BCUT2D eigenvalue weighted by atomic mass is 9.94. The number of rotatable bonds is 6. The predicted molar refractivity (Wildman–Crippen MR) is 114 cm³/mol. The summed E-state index contributed by atoms with van der Waals surface area (Å²) in [6, 6.07) is 10.0. The Morgan fingerprint density at radius 1 is 1.27 bits per heavy atom. The van der Waals surface area contributed by atoms with Gasteiger partial charge in [0.25, 0.3) is 0 Å². The summed E-state index contributed by atoms with van der Waals surface area (Å²) in [5, 5.41) is 16.2. The number of benzene rings is 1. The first kappa shape index (κ1) is 21.4. The monoisotopic (exact) mass is 431 g/mol. The molecule has 0 aliphatic carbocycles. The van der Waals surface area contributed by atoms with Crippen LogP contribution in [-0.2, 0) is 27.4 Å². The second-order valence-corrected chi connectivity index (χ2v) is 8.93. The second kappa shape index (κ2) is 10.5. The highest BCUT2D eigenvalue weighted by atomic mass is 32.1. The number of carbonyl (C=O) groups excluding carboxylic acids is 1. The summed E-state index contributed by atoms with van der Waals surface area (Å²) in [5.41, 5.74) is 1.08. The van der Waals surface area contributed by atoms with Gasteiger partial charge >= 0.3 is 0 Å². The molecule has 30 heavy (non-hydrogen) atoms. The molecule has 1 aromatic heterocycles. The molecule has 2 saturated heterocycles. The topological polar surface area (TPSA) is 83.9 Å². The first-order valence-electron chi connectivity index (χ1n) is 10.5. The van der Waals surface area contributed by atoms with Gasteiger partial charge in [-0.2, -0.15) is 0 Å². The number of hydrogen-bond acceptors (Lipinski definition) is 7. The molecule has 0 radical (unpaired) electrons. The molecule has 3 heterocycles. The van der Waals surface area contributed by atoms with Crippen molar-refractivity contribution in [2.45, 2.75) is 56.7 Å². The number of aromatic nitrogens is 1. The molecule has 1 amide bonds. The average Bonchev–Trinajstić information content (AvgIpc) is 3.25.